The highest BCUT2D eigenvalue weighted by atomic mass is 16.1. The van der Waals surface area contributed by atoms with E-state index in [4.69, 9.17) is 0 Å². The molecule has 2 heteroatoms. The second-order valence-corrected chi connectivity index (χ2v) is 8.54. The Labute approximate surface area is 162 Å². The van der Waals surface area contributed by atoms with Gasteiger partial charge in [-0.2, -0.15) is 0 Å². The van der Waals surface area contributed by atoms with Gasteiger partial charge in [-0.3, -0.25) is 4.79 Å². The lowest BCUT2D eigenvalue weighted by molar-refractivity contribution is 0.0997. The van der Waals surface area contributed by atoms with E-state index in [-0.39, 0.29) is 17.2 Å². The minimum Gasteiger partial charge on any atom is -0.306 e. The van der Waals surface area contributed by atoms with Gasteiger partial charge in [-0.05, 0) is 30.0 Å². The lowest BCUT2D eigenvalue weighted by atomic mass is 9.66. The van der Waals surface area contributed by atoms with Gasteiger partial charge >= 0.3 is 0 Å². The van der Waals surface area contributed by atoms with Crippen LogP contribution in [0.1, 0.15) is 67.4 Å². The second kappa shape index (κ2) is 7.44. The second-order valence-electron chi connectivity index (χ2n) is 8.54. The summed E-state index contributed by atoms with van der Waals surface area (Å²) in [5, 5.41) is 3.90. The Morgan fingerprint density at radius 3 is 2.33 bits per heavy atom. The molecule has 4 rings (SSSR count). The summed E-state index contributed by atoms with van der Waals surface area (Å²) in [5.74, 6) is 0.169. The standard InChI is InChI=1S/C25H29NO/c1-25(2)22-16-10-9-15-20(22)23(27)21(17-18-11-5-3-6-12-18)24(25)26-19-13-7-4-8-14-19/h3,5-6,9-12,15-17,19,24,26H,4,7-8,13-14H2,1-2H3/b21-17-. The first-order valence-electron chi connectivity index (χ1n) is 10.2. The molecule has 2 aromatic rings. The van der Waals surface area contributed by atoms with E-state index in [0.29, 0.717) is 6.04 Å². The van der Waals surface area contributed by atoms with Crippen LogP contribution < -0.4 is 5.32 Å². The molecule has 0 saturated heterocycles. The summed E-state index contributed by atoms with van der Waals surface area (Å²) in [7, 11) is 0. The molecule has 0 radical (unpaired) electrons. The van der Waals surface area contributed by atoms with Crippen molar-refractivity contribution in [1.82, 2.24) is 5.32 Å². The summed E-state index contributed by atoms with van der Waals surface area (Å²) in [6.45, 7) is 4.55. The maximum Gasteiger partial charge on any atom is 0.190 e. The molecule has 2 nitrogen and oxygen atoms in total. The van der Waals surface area contributed by atoms with Gasteiger partial charge in [-0.15, -0.1) is 0 Å². The minimum absolute atomic E-state index is 0.0307. The van der Waals surface area contributed by atoms with Crippen molar-refractivity contribution in [2.24, 2.45) is 0 Å². The summed E-state index contributed by atoms with van der Waals surface area (Å²) >= 11 is 0. The Hall–Kier alpha value is -2.19. The van der Waals surface area contributed by atoms with Crippen molar-refractivity contribution in [1.29, 1.82) is 0 Å². The van der Waals surface area contributed by atoms with Crippen molar-refractivity contribution in [3.63, 3.8) is 0 Å². The lowest BCUT2D eigenvalue weighted by Crippen LogP contribution is -2.54. The number of rotatable bonds is 3. The van der Waals surface area contributed by atoms with Crippen LogP contribution in [0.25, 0.3) is 6.08 Å². The number of nitrogens with one attached hydrogen (secondary N) is 1. The van der Waals surface area contributed by atoms with Crippen LogP contribution in [0, 0.1) is 0 Å². The van der Waals surface area contributed by atoms with Gasteiger partial charge in [0.25, 0.3) is 0 Å². The fourth-order valence-corrected chi connectivity index (χ4v) is 4.75. The molecule has 0 heterocycles. The first kappa shape index (κ1) is 18.2. The SMILES string of the molecule is CC1(C)c2ccccc2C(=O)/C(=C/c2ccccc2)C1NC1CCCCC1. The van der Waals surface area contributed by atoms with Crippen molar-refractivity contribution in [3.8, 4) is 0 Å². The van der Waals surface area contributed by atoms with E-state index >= 15 is 0 Å². The number of hydrogen-bond acceptors (Lipinski definition) is 2. The van der Waals surface area contributed by atoms with E-state index in [0.717, 1.165) is 22.3 Å². The molecule has 27 heavy (non-hydrogen) atoms. The molecule has 1 atom stereocenters. The zero-order valence-electron chi connectivity index (χ0n) is 16.4. The van der Waals surface area contributed by atoms with Crippen LogP contribution >= 0.6 is 0 Å². The van der Waals surface area contributed by atoms with Crippen molar-refractivity contribution in [2.45, 2.75) is 63.5 Å². The number of ketones is 1. The zero-order chi connectivity index (χ0) is 18.9. The molecule has 0 bridgehead atoms. The number of carbonyl (C=O) groups is 1. The quantitative estimate of drug-likeness (QED) is 0.730. The van der Waals surface area contributed by atoms with Crippen molar-refractivity contribution < 1.29 is 4.79 Å². The Morgan fingerprint density at radius 1 is 0.926 bits per heavy atom. The topological polar surface area (TPSA) is 29.1 Å². The van der Waals surface area contributed by atoms with Gasteiger partial charge < -0.3 is 5.32 Å². The highest BCUT2D eigenvalue weighted by molar-refractivity contribution is 6.14. The summed E-state index contributed by atoms with van der Waals surface area (Å²) in [6, 6.07) is 18.9. The van der Waals surface area contributed by atoms with Gasteiger partial charge in [0, 0.05) is 28.6 Å². The largest absolute Gasteiger partial charge is 0.306 e. The van der Waals surface area contributed by atoms with Gasteiger partial charge in [-0.1, -0.05) is 87.7 Å². The summed E-state index contributed by atoms with van der Waals surface area (Å²) in [5.41, 5.74) is 3.87. The van der Waals surface area contributed by atoms with Gasteiger partial charge in [0.05, 0.1) is 0 Å². The predicted molar refractivity (Wildman–Crippen MR) is 112 cm³/mol. The molecule has 0 aromatic heterocycles. The average molecular weight is 360 g/mol. The maximum atomic E-state index is 13.5. The molecule has 0 aliphatic heterocycles. The van der Waals surface area contributed by atoms with Crippen LogP contribution in [0.15, 0.2) is 60.2 Å². The first-order valence-corrected chi connectivity index (χ1v) is 10.2. The van der Waals surface area contributed by atoms with E-state index in [9.17, 15) is 4.79 Å². The van der Waals surface area contributed by atoms with Crippen LogP contribution in [-0.4, -0.2) is 17.9 Å². The first-order chi connectivity index (χ1) is 13.1. The molecule has 140 valence electrons. The normalized spacial score (nSPS) is 24.0. The predicted octanol–water partition coefficient (Wildman–Crippen LogP) is 5.54. The number of benzene rings is 2. The van der Waals surface area contributed by atoms with E-state index in [1.807, 2.05) is 30.3 Å². The van der Waals surface area contributed by atoms with Crippen LogP contribution in [0.5, 0.6) is 0 Å². The molecule has 2 aliphatic rings. The average Bonchev–Trinajstić information content (AvgIpc) is 2.71. The minimum atomic E-state index is -0.136. The van der Waals surface area contributed by atoms with Gasteiger partial charge in [-0.25, -0.2) is 0 Å². The lowest BCUT2D eigenvalue weighted by Gasteiger charge is -2.44. The van der Waals surface area contributed by atoms with Gasteiger partial charge in [0.1, 0.15) is 0 Å². The fraction of sp³-hybridized carbons (Fsp3) is 0.400. The summed E-state index contributed by atoms with van der Waals surface area (Å²) in [6.07, 6.45) is 8.42. The van der Waals surface area contributed by atoms with Crippen LogP contribution in [0.4, 0.5) is 0 Å². The van der Waals surface area contributed by atoms with Gasteiger partial charge in [0.2, 0.25) is 0 Å². The van der Waals surface area contributed by atoms with E-state index < -0.39 is 0 Å². The third kappa shape index (κ3) is 3.51. The Bertz CT molecular complexity index is 844. The molecule has 1 fully saturated rings. The highest BCUT2D eigenvalue weighted by Crippen LogP contribution is 2.41. The maximum absolute atomic E-state index is 13.5. The van der Waals surface area contributed by atoms with Crippen LogP contribution in [-0.2, 0) is 5.41 Å². The van der Waals surface area contributed by atoms with Crippen molar-refractivity contribution in [3.05, 3.63) is 76.9 Å². The van der Waals surface area contributed by atoms with E-state index in [2.05, 4.69) is 49.5 Å². The van der Waals surface area contributed by atoms with Crippen molar-refractivity contribution >= 4 is 11.9 Å². The van der Waals surface area contributed by atoms with Gasteiger partial charge in [0.15, 0.2) is 5.78 Å². The number of hydrogen-bond donors (Lipinski definition) is 1. The fourth-order valence-electron chi connectivity index (χ4n) is 4.75. The smallest absolute Gasteiger partial charge is 0.190 e. The molecule has 2 aromatic carbocycles. The highest BCUT2D eigenvalue weighted by Gasteiger charge is 2.44. The van der Waals surface area contributed by atoms with Crippen LogP contribution in [0.3, 0.4) is 0 Å². The molecular formula is C25H29NO. The molecule has 1 unspecified atom stereocenters. The Kier molecular flexibility index (Phi) is 5.01. The molecule has 1 saturated carbocycles. The number of carbonyl (C=O) groups excluding carboxylic acids is 1. The molecule has 0 spiro atoms. The Balaban J connectivity index is 1.80. The number of fused-ring (bicyclic) bond motifs is 1. The third-order valence-electron chi connectivity index (χ3n) is 6.29. The summed E-state index contributed by atoms with van der Waals surface area (Å²) in [4.78, 5) is 13.5. The molecular weight excluding hydrogens is 330 g/mol. The number of Topliss-reactive ketones (excluding diaryl/α,β-unsaturated/α-hetero) is 1. The Morgan fingerprint density at radius 2 is 1.59 bits per heavy atom. The van der Waals surface area contributed by atoms with Crippen LogP contribution in [0.2, 0.25) is 0 Å². The third-order valence-corrected chi connectivity index (χ3v) is 6.29. The zero-order valence-corrected chi connectivity index (χ0v) is 16.4. The molecule has 2 aliphatic carbocycles. The molecule has 1 N–H and O–H groups in total. The van der Waals surface area contributed by atoms with Crippen molar-refractivity contribution in [2.75, 3.05) is 0 Å². The summed E-state index contributed by atoms with van der Waals surface area (Å²) < 4.78 is 0. The monoisotopic (exact) mass is 359 g/mol. The van der Waals surface area contributed by atoms with E-state index in [1.165, 1.54) is 32.1 Å². The van der Waals surface area contributed by atoms with E-state index in [1.54, 1.807) is 0 Å². The molecule has 0 amide bonds.